The molecule has 0 amide bonds. The molecule has 3 nitrogen and oxygen atoms in total. The van der Waals surface area contributed by atoms with Crippen molar-refractivity contribution in [2.24, 2.45) is 0 Å². The van der Waals surface area contributed by atoms with Crippen molar-refractivity contribution in [3.63, 3.8) is 0 Å². The van der Waals surface area contributed by atoms with Gasteiger partial charge in [0.15, 0.2) is 12.4 Å². The topological polar surface area (TPSA) is 39.4 Å². The van der Waals surface area contributed by atoms with Gasteiger partial charge in [-0.05, 0) is 46.3 Å². The summed E-state index contributed by atoms with van der Waals surface area (Å²) in [4.78, 5) is 12.1. The van der Waals surface area contributed by atoms with E-state index in [1.165, 1.54) is 0 Å². The zero-order valence-corrected chi connectivity index (χ0v) is 13.1. The van der Waals surface area contributed by atoms with Gasteiger partial charge in [-0.2, -0.15) is 0 Å². The van der Waals surface area contributed by atoms with E-state index in [0.717, 1.165) is 5.39 Å². The smallest absolute Gasteiger partial charge is 0.235 e. The molecule has 5 heteroatoms. The number of benzene rings is 2. The van der Waals surface area contributed by atoms with Gasteiger partial charge in [0, 0.05) is 10.4 Å². The first-order valence-electron chi connectivity index (χ1n) is 6.23. The van der Waals surface area contributed by atoms with Crippen LogP contribution in [-0.4, -0.2) is 12.4 Å². The standard InChI is InChI=1S/C16H10BrClO3/c17-12-8-11(18)5-6-15(12)20-9-13(19)16-7-10-3-1-2-4-14(10)21-16/h1-8H,9H2. The molecule has 0 aliphatic rings. The molecule has 3 rings (SSSR count). The Balaban J connectivity index is 1.74. The van der Waals surface area contributed by atoms with Crippen molar-refractivity contribution < 1.29 is 13.9 Å². The molecule has 0 fully saturated rings. The summed E-state index contributed by atoms with van der Waals surface area (Å²) in [5, 5.41) is 1.49. The predicted molar refractivity (Wildman–Crippen MR) is 85.2 cm³/mol. The fourth-order valence-corrected chi connectivity index (χ4v) is 2.72. The Morgan fingerprint density at radius 1 is 1.19 bits per heavy atom. The van der Waals surface area contributed by atoms with Gasteiger partial charge < -0.3 is 9.15 Å². The Kier molecular flexibility index (Phi) is 3.99. The second kappa shape index (κ2) is 5.92. The van der Waals surface area contributed by atoms with Gasteiger partial charge in [-0.3, -0.25) is 4.79 Å². The summed E-state index contributed by atoms with van der Waals surface area (Å²) in [6.07, 6.45) is 0. The van der Waals surface area contributed by atoms with E-state index in [2.05, 4.69) is 15.9 Å². The van der Waals surface area contributed by atoms with E-state index >= 15 is 0 Å². The highest BCUT2D eigenvalue weighted by Gasteiger charge is 2.13. The second-order valence-electron chi connectivity index (χ2n) is 4.44. The first-order valence-corrected chi connectivity index (χ1v) is 7.40. The summed E-state index contributed by atoms with van der Waals surface area (Å²) in [5.41, 5.74) is 0.688. The first-order chi connectivity index (χ1) is 10.1. The van der Waals surface area contributed by atoms with Crippen molar-refractivity contribution in [2.45, 2.75) is 0 Å². The third-order valence-electron chi connectivity index (χ3n) is 2.95. The van der Waals surface area contributed by atoms with Gasteiger partial charge in [0.05, 0.1) is 4.47 Å². The zero-order valence-electron chi connectivity index (χ0n) is 10.8. The first kappa shape index (κ1) is 14.2. The van der Waals surface area contributed by atoms with Crippen LogP contribution in [0.2, 0.25) is 5.02 Å². The molecule has 0 atom stereocenters. The average Bonchev–Trinajstić information content (AvgIpc) is 2.90. The molecule has 0 N–H and O–H groups in total. The summed E-state index contributed by atoms with van der Waals surface area (Å²) < 4.78 is 11.7. The van der Waals surface area contributed by atoms with Crippen molar-refractivity contribution >= 4 is 44.3 Å². The number of Topliss-reactive ketones (excluding diaryl/α,β-unsaturated/α-hetero) is 1. The summed E-state index contributed by atoms with van der Waals surface area (Å²) >= 11 is 9.19. The van der Waals surface area contributed by atoms with Crippen molar-refractivity contribution in [3.8, 4) is 5.75 Å². The van der Waals surface area contributed by atoms with Crippen LogP contribution in [0.4, 0.5) is 0 Å². The number of hydrogen-bond donors (Lipinski definition) is 0. The van der Waals surface area contributed by atoms with Crippen LogP contribution in [-0.2, 0) is 0 Å². The molecule has 0 aliphatic carbocycles. The maximum absolute atomic E-state index is 12.1. The van der Waals surface area contributed by atoms with Gasteiger partial charge in [-0.1, -0.05) is 29.8 Å². The predicted octanol–water partition coefficient (Wildman–Crippen LogP) is 5.11. The van der Waals surface area contributed by atoms with Gasteiger partial charge >= 0.3 is 0 Å². The minimum absolute atomic E-state index is 0.0972. The van der Waals surface area contributed by atoms with E-state index in [1.807, 2.05) is 24.3 Å². The highest BCUT2D eigenvalue weighted by atomic mass is 79.9. The lowest BCUT2D eigenvalue weighted by Gasteiger charge is -2.06. The van der Waals surface area contributed by atoms with Crippen molar-refractivity contribution in [1.29, 1.82) is 0 Å². The molecule has 1 aromatic heterocycles. The molecule has 0 bridgehead atoms. The molecular weight excluding hydrogens is 356 g/mol. The number of hydrogen-bond acceptors (Lipinski definition) is 3. The molecule has 106 valence electrons. The van der Waals surface area contributed by atoms with Crippen molar-refractivity contribution in [3.05, 3.63) is 63.8 Å². The summed E-state index contributed by atoms with van der Waals surface area (Å²) in [5.74, 6) is 0.637. The number of ether oxygens (including phenoxy) is 1. The van der Waals surface area contributed by atoms with Crippen LogP contribution >= 0.6 is 27.5 Å². The monoisotopic (exact) mass is 364 g/mol. The van der Waals surface area contributed by atoms with Crippen LogP contribution in [0.25, 0.3) is 11.0 Å². The minimum atomic E-state index is -0.215. The SMILES string of the molecule is O=C(COc1ccc(Cl)cc1Br)c1cc2ccccc2o1. The number of para-hydroxylation sites is 1. The van der Waals surface area contributed by atoms with Crippen LogP contribution in [0.3, 0.4) is 0 Å². The van der Waals surface area contributed by atoms with Gasteiger partial charge in [0.2, 0.25) is 5.78 Å². The van der Waals surface area contributed by atoms with E-state index < -0.39 is 0 Å². The number of carbonyl (C=O) groups excluding carboxylic acids is 1. The van der Waals surface area contributed by atoms with E-state index in [9.17, 15) is 4.79 Å². The largest absolute Gasteiger partial charge is 0.484 e. The lowest BCUT2D eigenvalue weighted by atomic mass is 10.2. The Morgan fingerprint density at radius 3 is 2.76 bits per heavy atom. The van der Waals surface area contributed by atoms with E-state index in [4.69, 9.17) is 20.8 Å². The van der Waals surface area contributed by atoms with Gasteiger partial charge in [-0.25, -0.2) is 0 Å². The Labute approximate surface area is 134 Å². The number of carbonyl (C=O) groups is 1. The number of ketones is 1. The molecule has 0 radical (unpaired) electrons. The number of fused-ring (bicyclic) bond motifs is 1. The Bertz CT molecular complexity index is 777. The van der Waals surface area contributed by atoms with Crippen LogP contribution < -0.4 is 4.74 Å². The number of furan rings is 1. The maximum atomic E-state index is 12.1. The molecule has 0 spiro atoms. The van der Waals surface area contributed by atoms with E-state index in [1.54, 1.807) is 24.3 Å². The molecular formula is C16H10BrClO3. The molecule has 2 aromatic carbocycles. The van der Waals surface area contributed by atoms with Crippen molar-refractivity contribution in [2.75, 3.05) is 6.61 Å². The Morgan fingerprint density at radius 2 is 2.00 bits per heavy atom. The molecule has 21 heavy (non-hydrogen) atoms. The zero-order chi connectivity index (χ0) is 14.8. The third kappa shape index (κ3) is 3.12. The fraction of sp³-hybridized carbons (Fsp3) is 0.0625. The average molecular weight is 366 g/mol. The summed E-state index contributed by atoms with van der Waals surface area (Å²) in [6.45, 7) is -0.0972. The second-order valence-corrected chi connectivity index (χ2v) is 5.73. The van der Waals surface area contributed by atoms with Crippen LogP contribution in [0.5, 0.6) is 5.75 Å². The summed E-state index contributed by atoms with van der Waals surface area (Å²) in [6, 6.07) is 14.3. The Hall–Kier alpha value is -1.78. The lowest BCUT2D eigenvalue weighted by molar-refractivity contribution is 0.0895. The minimum Gasteiger partial charge on any atom is -0.484 e. The molecule has 0 saturated heterocycles. The number of rotatable bonds is 4. The van der Waals surface area contributed by atoms with E-state index in [-0.39, 0.29) is 12.4 Å². The third-order valence-corrected chi connectivity index (χ3v) is 3.81. The van der Waals surface area contributed by atoms with Gasteiger partial charge in [-0.15, -0.1) is 0 Å². The molecule has 3 aromatic rings. The van der Waals surface area contributed by atoms with Crippen molar-refractivity contribution in [1.82, 2.24) is 0 Å². The van der Waals surface area contributed by atoms with Gasteiger partial charge in [0.1, 0.15) is 11.3 Å². The van der Waals surface area contributed by atoms with Crippen LogP contribution in [0.15, 0.2) is 57.4 Å². The maximum Gasteiger partial charge on any atom is 0.235 e. The number of halogens is 2. The molecule has 1 heterocycles. The van der Waals surface area contributed by atoms with Gasteiger partial charge in [0.25, 0.3) is 0 Å². The summed E-state index contributed by atoms with van der Waals surface area (Å²) in [7, 11) is 0. The molecule has 0 saturated carbocycles. The van der Waals surface area contributed by atoms with E-state index in [0.29, 0.717) is 26.6 Å². The fourth-order valence-electron chi connectivity index (χ4n) is 1.93. The highest BCUT2D eigenvalue weighted by molar-refractivity contribution is 9.10. The molecule has 0 aliphatic heterocycles. The normalized spacial score (nSPS) is 10.8. The lowest BCUT2D eigenvalue weighted by Crippen LogP contribution is -2.10. The van der Waals surface area contributed by atoms with Crippen LogP contribution in [0.1, 0.15) is 10.6 Å². The molecule has 0 unspecified atom stereocenters. The quantitative estimate of drug-likeness (QED) is 0.603. The highest BCUT2D eigenvalue weighted by Crippen LogP contribution is 2.28. The van der Waals surface area contributed by atoms with Crippen LogP contribution in [0, 0.1) is 0 Å².